The van der Waals surface area contributed by atoms with Crippen LogP contribution < -0.4 is 11.1 Å². The molecule has 3 N–H and O–H groups in total. The van der Waals surface area contributed by atoms with Gasteiger partial charge in [0.05, 0.1) is 11.3 Å². The molecular formula is C16H18N4. The number of nitrogen functional groups attached to an aromatic ring is 1. The molecule has 1 atom stereocenters. The number of nitrogens with zero attached hydrogens (tertiary/aromatic N) is 2. The third-order valence-corrected chi connectivity index (χ3v) is 3.28. The minimum atomic E-state index is 0.475. The van der Waals surface area contributed by atoms with Gasteiger partial charge in [-0.25, -0.2) is 4.98 Å². The normalized spacial score (nSPS) is 11.6. The average Bonchev–Trinajstić information content (AvgIpc) is 2.49. The van der Waals surface area contributed by atoms with Crippen LogP contribution in [-0.4, -0.2) is 11.5 Å². The Kier molecular flexibility index (Phi) is 4.56. The molecule has 20 heavy (non-hydrogen) atoms. The number of hydrogen-bond acceptors (Lipinski definition) is 4. The summed E-state index contributed by atoms with van der Waals surface area (Å²) in [6.07, 6.45) is 2.52. The van der Waals surface area contributed by atoms with Gasteiger partial charge >= 0.3 is 0 Å². The van der Waals surface area contributed by atoms with Crippen molar-refractivity contribution in [2.45, 2.75) is 19.3 Å². The summed E-state index contributed by atoms with van der Waals surface area (Å²) < 4.78 is 0. The lowest BCUT2D eigenvalue weighted by Crippen LogP contribution is -2.09. The predicted octanol–water partition coefficient (Wildman–Crippen LogP) is 3.14. The number of aromatic nitrogens is 1. The predicted molar refractivity (Wildman–Crippen MR) is 81.3 cm³/mol. The molecule has 2 aromatic rings. The number of rotatable bonds is 5. The largest absolute Gasteiger partial charge is 0.396 e. The molecule has 0 spiro atoms. The van der Waals surface area contributed by atoms with Crippen LogP contribution in [-0.2, 0) is 0 Å². The summed E-state index contributed by atoms with van der Waals surface area (Å²) in [6.45, 7) is 2.99. The van der Waals surface area contributed by atoms with E-state index in [2.05, 4.69) is 41.5 Å². The number of anilines is 2. The second kappa shape index (κ2) is 6.58. The number of nitrogens with one attached hydrogen (secondary N) is 1. The molecule has 1 unspecified atom stereocenters. The Morgan fingerprint density at radius 3 is 2.75 bits per heavy atom. The standard InChI is InChI=1S/C16H18N4/c1-12(14-5-3-2-4-6-14)7-8-19-16-15(18)9-13(10-17)11-20-16/h2-6,9,11-12H,7-8,18H2,1H3,(H,19,20). The zero-order valence-corrected chi connectivity index (χ0v) is 11.5. The Morgan fingerprint density at radius 1 is 1.35 bits per heavy atom. The highest BCUT2D eigenvalue weighted by Crippen LogP contribution is 2.20. The summed E-state index contributed by atoms with van der Waals surface area (Å²) in [5.41, 5.74) is 8.17. The third kappa shape index (κ3) is 3.48. The Hall–Kier alpha value is -2.54. The van der Waals surface area contributed by atoms with Crippen molar-refractivity contribution in [3.8, 4) is 6.07 Å². The van der Waals surface area contributed by atoms with Crippen LogP contribution in [0.3, 0.4) is 0 Å². The maximum absolute atomic E-state index is 8.76. The van der Waals surface area contributed by atoms with E-state index < -0.39 is 0 Å². The van der Waals surface area contributed by atoms with Gasteiger partial charge in [0.25, 0.3) is 0 Å². The summed E-state index contributed by atoms with van der Waals surface area (Å²) in [5.74, 6) is 1.12. The van der Waals surface area contributed by atoms with E-state index in [9.17, 15) is 0 Å². The van der Waals surface area contributed by atoms with Gasteiger partial charge in [0.2, 0.25) is 0 Å². The Balaban J connectivity index is 1.89. The number of benzene rings is 1. The fourth-order valence-corrected chi connectivity index (χ4v) is 2.05. The van der Waals surface area contributed by atoms with E-state index >= 15 is 0 Å². The first-order valence-electron chi connectivity index (χ1n) is 6.65. The molecule has 4 nitrogen and oxygen atoms in total. The highest BCUT2D eigenvalue weighted by Gasteiger charge is 2.06. The van der Waals surface area contributed by atoms with Crippen LogP contribution in [0.25, 0.3) is 0 Å². The van der Waals surface area contributed by atoms with Crippen molar-refractivity contribution in [1.29, 1.82) is 5.26 Å². The third-order valence-electron chi connectivity index (χ3n) is 3.28. The number of nitriles is 1. The summed E-state index contributed by atoms with van der Waals surface area (Å²) in [7, 11) is 0. The van der Waals surface area contributed by atoms with Crippen LogP contribution in [0.5, 0.6) is 0 Å². The molecule has 1 aromatic heterocycles. The molecule has 0 bridgehead atoms. The minimum Gasteiger partial charge on any atom is -0.396 e. The van der Waals surface area contributed by atoms with E-state index in [4.69, 9.17) is 11.0 Å². The van der Waals surface area contributed by atoms with E-state index in [0.29, 0.717) is 23.0 Å². The molecule has 0 amide bonds. The second-order valence-corrected chi connectivity index (χ2v) is 4.80. The van der Waals surface area contributed by atoms with Gasteiger partial charge in [0, 0.05) is 12.7 Å². The van der Waals surface area contributed by atoms with Crippen molar-refractivity contribution in [2.75, 3.05) is 17.6 Å². The van der Waals surface area contributed by atoms with E-state index in [-0.39, 0.29) is 0 Å². The maximum atomic E-state index is 8.76. The monoisotopic (exact) mass is 266 g/mol. The van der Waals surface area contributed by atoms with Gasteiger partial charge < -0.3 is 11.1 Å². The molecule has 0 saturated heterocycles. The van der Waals surface area contributed by atoms with Crippen LogP contribution in [0.2, 0.25) is 0 Å². The molecular weight excluding hydrogens is 248 g/mol. The first-order chi connectivity index (χ1) is 9.70. The summed E-state index contributed by atoms with van der Waals surface area (Å²) in [6, 6.07) is 14.1. The molecule has 0 aliphatic heterocycles. The Bertz CT molecular complexity index is 602. The molecule has 0 radical (unpaired) electrons. The zero-order valence-electron chi connectivity index (χ0n) is 11.5. The van der Waals surface area contributed by atoms with Crippen molar-refractivity contribution < 1.29 is 0 Å². The van der Waals surface area contributed by atoms with Gasteiger partial charge in [-0.3, -0.25) is 0 Å². The molecule has 1 aromatic carbocycles. The lowest BCUT2D eigenvalue weighted by molar-refractivity contribution is 0.705. The van der Waals surface area contributed by atoms with Crippen molar-refractivity contribution in [3.05, 3.63) is 53.7 Å². The molecule has 102 valence electrons. The van der Waals surface area contributed by atoms with Crippen LogP contribution >= 0.6 is 0 Å². The summed E-state index contributed by atoms with van der Waals surface area (Å²) in [5, 5.41) is 12.0. The molecule has 0 saturated carbocycles. The first kappa shape index (κ1) is 13.9. The highest BCUT2D eigenvalue weighted by atomic mass is 15.0. The van der Waals surface area contributed by atoms with Gasteiger partial charge in [0.15, 0.2) is 0 Å². The molecule has 0 fully saturated rings. The molecule has 4 heteroatoms. The first-order valence-corrected chi connectivity index (χ1v) is 6.65. The van der Waals surface area contributed by atoms with Gasteiger partial charge in [-0.2, -0.15) is 5.26 Å². The minimum absolute atomic E-state index is 0.475. The average molecular weight is 266 g/mol. The van der Waals surface area contributed by atoms with Gasteiger partial charge in [-0.15, -0.1) is 0 Å². The van der Waals surface area contributed by atoms with E-state index in [1.54, 1.807) is 6.07 Å². The molecule has 0 aliphatic carbocycles. The van der Waals surface area contributed by atoms with Gasteiger partial charge in [0.1, 0.15) is 11.9 Å². The van der Waals surface area contributed by atoms with Crippen molar-refractivity contribution in [2.24, 2.45) is 0 Å². The quantitative estimate of drug-likeness (QED) is 0.871. The van der Waals surface area contributed by atoms with Crippen LogP contribution in [0.1, 0.15) is 30.4 Å². The number of nitrogens with two attached hydrogens (primary N) is 1. The zero-order chi connectivity index (χ0) is 14.4. The summed E-state index contributed by atoms with van der Waals surface area (Å²) >= 11 is 0. The van der Waals surface area contributed by atoms with Crippen molar-refractivity contribution in [3.63, 3.8) is 0 Å². The van der Waals surface area contributed by atoms with Crippen molar-refractivity contribution >= 4 is 11.5 Å². The maximum Gasteiger partial charge on any atom is 0.149 e. The number of pyridine rings is 1. The summed E-state index contributed by atoms with van der Waals surface area (Å²) in [4.78, 5) is 4.16. The molecule has 1 heterocycles. The van der Waals surface area contributed by atoms with E-state index in [0.717, 1.165) is 13.0 Å². The van der Waals surface area contributed by atoms with Gasteiger partial charge in [-0.1, -0.05) is 37.3 Å². The van der Waals surface area contributed by atoms with Crippen LogP contribution in [0, 0.1) is 11.3 Å². The molecule has 0 aliphatic rings. The lowest BCUT2D eigenvalue weighted by atomic mass is 9.98. The lowest BCUT2D eigenvalue weighted by Gasteiger charge is -2.13. The topological polar surface area (TPSA) is 74.7 Å². The molecule has 2 rings (SSSR count). The Morgan fingerprint density at radius 2 is 2.10 bits per heavy atom. The van der Waals surface area contributed by atoms with Crippen LogP contribution in [0.4, 0.5) is 11.5 Å². The smallest absolute Gasteiger partial charge is 0.149 e. The van der Waals surface area contributed by atoms with Gasteiger partial charge in [-0.05, 0) is 24.0 Å². The van der Waals surface area contributed by atoms with E-state index in [1.807, 2.05) is 12.1 Å². The highest BCUT2D eigenvalue weighted by molar-refractivity contribution is 5.62. The SMILES string of the molecule is CC(CCNc1ncc(C#N)cc1N)c1ccccc1. The fourth-order valence-electron chi connectivity index (χ4n) is 2.05. The fraction of sp³-hybridized carbons (Fsp3) is 0.250. The van der Waals surface area contributed by atoms with Crippen molar-refractivity contribution in [1.82, 2.24) is 4.98 Å². The number of hydrogen-bond donors (Lipinski definition) is 2. The van der Waals surface area contributed by atoms with Crippen LogP contribution in [0.15, 0.2) is 42.6 Å². The second-order valence-electron chi connectivity index (χ2n) is 4.80. The van der Waals surface area contributed by atoms with E-state index in [1.165, 1.54) is 11.8 Å². The Labute approximate surface area is 119 Å².